The van der Waals surface area contributed by atoms with Crippen molar-refractivity contribution in [2.45, 2.75) is 30.7 Å². The third-order valence-corrected chi connectivity index (χ3v) is 6.59. The molecule has 2 saturated heterocycles. The van der Waals surface area contributed by atoms with E-state index in [4.69, 9.17) is 4.74 Å². The molecule has 3 rings (SSSR count). The van der Waals surface area contributed by atoms with Gasteiger partial charge in [0.05, 0.1) is 18.1 Å². The van der Waals surface area contributed by atoms with Crippen molar-refractivity contribution >= 4 is 15.9 Å². The molecule has 7 nitrogen and oxygen atoms in total. The Morgan fingerprint density at radius 3 is 2.76 bits per heavy atom. The molecule has 1 amide bonds. The summed E-state index contributed by atoms with van der Waals surface area (Å²) in [7, 11) is -3.61. The first-order chi connectivity index (χ1) is 12.0. The van der Waals surface area contributed by atoms with Gasteiger partial charge in [0.25, 0.3) is 5.91 Å². The molecule has 2 fully saturated rings. The van der Waals surface area contributed by atoms with Gasteiger partial charge < -0.3 is 15.4 Å². The highest BCUT2D eigenvalue weighted by atomic mass is 32.2. The minimum Gasteiger partial charge on any atom is -0.379 e. The number of nitrogens with zero attached hydrogens (tertiary/aromatic N) is 1. The number of carbonyl (C=O) groups is 1. The maximum Gasteiger partial charge on any atom is 0.251 e. The summed E-state index contributed by atoms with van der Waals surface area (Å²) in [5, 5.41) is 6.26. The van der Waals surface area contributed by atoms with Crippen LogP contribution in [-0.4, -0.2) is 64.1 Å². The summed E-state index contributed by atoms with van der Waals surface area (Å²) in [4.78, 5) is 12.8. The standard InChI is InChI=1S/C17H25N3O4S/c1-13-4-5-15(25(22,23)20-7-9-24-10-8-20)11-16(13)17(21)19-14-3-2-6-18-12-14/h4-5,11,14,18H,2-3,6-10,12H2,1H3,(H,19,21)/t14-/m0/s1. The Morgan fingerprint density at radius 2 is 2.08 bits per heavy atom. The number of piperidine rings is 1. The van der Waals surface area contributed by atoms with Crippen LogP contribution in [0.4, 0.5) is 0 Å². The molecule has 25 heavy (non-hydrogen) atoms. The molecular weight excluding hydrogens is 342 g/mol. The summed E-state index contributed by atoms with van der Waals surface area (Å²) in [5.41, 5.74) is 1.18. The Bertz CT molecular complexity index is 723. The number of nitrogens with one attached hydrogen (secondary N) is 2. The quantitative estimate of drug-likeness (QED) is 0.809. The van der Waals surface area contributed by atoms with Crippen molar-refractivity contribution in [1.29, 1.82) is 0 Å². The third kappa shape index (κ3) is 4.20. The zero-order chi connectivity index (χ0) is 17.9. The second-order valence-electron chi connectivity index (χ2n) is 6.51. The highest BCUT2D eigenvalue weighted by Gasteiger charge is 2.27. The summed E-state index contributed by atoms with van der Waals surface area (Å²) >= 11 is 0. The smallest absolute Gasteiger partial charge is 0.251 e. The molecule has 8 heteroatoms. The number of benzene rings is 1. The molecule has 2 aliphatic heterocycles. The first-order valence-corrected chi connectivity index (χ1v) is 10.1. The van der Waals surface area contributed by atoms with Gasteiger partial charge in [-0.15, -0.1) is 0 Å². The van der Waals surface area contributed by atoms with Gasteiger partial charge in [-0.3, -0.25) is 4.79 Å². The Labute approximate surface area is 148 Å². The fourth-order valence-corrected chi connectivity index (χ4v) is 4.62. The van der Waals surface area contributed by atoms with Crippen LogP contribution in [0, 0.1) is 6.92 Å². The highest BCUT2D eigenvalue weighted by Crippen LogP contribution is 2.21. The average molecular weight is 367 g/mol. The summed E-state index contributed by atoms with van der Waals surface area (Å²) in [5.74, 6) is -0.217. The molecule has 0 aliphatic carbocycles. The van der Waals surface area contributed by atoms with Crippen LogP contribution in [0.5, 0.6) is 0 Å². The van der Waals surface area contributed by atoms with Crippen LogP contribution >= 0.6 is 0 Å². The zero-order valence-corrected chi connectivity index (χ0v) is 15.3. The van der Waals surface area contributed by atoms with Gasteiger partial charge in [-0.05, 0) is 44.0 Å². The number of hydrogen-bond acceptors (Lipinski definition) is 5. The number of sulfonamides is 1. The van der Waals surface area contributed by atoms with Crippen LogP contribution in [0.15, 0.2) is 23.1 Å². The number of amides is 1. The van der Waals surface area contributed by atoms with Crippen molar-refractivity contribution in [3.05, 3.63) is 29.3 Å². The molecule has 2 heterocycles. The first kappa shape index (κ1) is 18.3. The van der Waals surface area contributed by atoms with E-state index in [1.54, 1.807) is 12.1 Å². The second-order valence-corrected chi connectivity index (χ2v) is 8.45. The van der Waals surface area contributed by atoms with Gasteiger partial charge >= 0.3 is 0 Å². The van der Waals surface area contributed by atoms with Crippen molar-refractivity contribution in [2.75, 3.05) is 39.4 Å². The van der Waals surface area contributed by atoms with Crippen LogP contribution in [0.3, 0.4) is 0 Å². The largest absolute Gasteiger partial charge is 0.379 e. The second kappa shape index (κ2) is 7.82. The van der Waals surface area contributed by atoms with E-state index in [9.17, 15) is 13.2 Å². The Kier molecular flexibility index (Phi) is 5.73. The van der Waals surface area contributed by atoms with Crippen molar-refractivity contribution < 1.29 is 17.9 Å². The maximum absolute atomic E-state index is 12.8. The van der Waals surface area contributed by atoms with E-state index in [0.717, 1.165) is 31.5 Å². The molecule has 1 aromatic rings. The van der Waals surface area contributed by atoms with Crippen molar-refractivity contribution in [3.8, 4) is 0 Å². The van der Waals surface area contributed by atoms with Gasteiger partial charge in [-0.25, -0.2) is 8.42 Å². The molecule has 0 unspecified atom stereocenters. The van der Waals surface area contributed by atoms with Gasteiger partial charge in [0.1, 0.15) is 0 Å². The van der Waals surface area contributed by atoms with Crippen molar-refractivity contribution in [3.63, 3.8) is 0 Å². The Balaban J connectivity index is 1.80. The molecule has 0 aromatic heterocycles. The molecule has 138 valence electrons. The first-order valence-electron chi connectivity index (χ1n) is 8.68. The van der Waals surface area contributed by atoms with E-state index in [2.05, 4.69) is 10.6 Å². The van der Waals surface area contributed by atoms with Gasteiger partial charge in [0, 0.05) is 31.2 Å². The molecule has 2 aliphatic rings. The fraction of sp³-hybridized carbons (Fsp3) is 0.588. The van der Waals surface area contributed by atoms with Gasteiger partial charge in [0.2, 0.25) is 10.0 Å². The molecule has 0 bridgehead atoms. The number of morpholine rings is 1. The lowest BCUT2D eigenvalue weighted by Gasteiger charge is -2.26. The maximum atomic E-state index is 12.8. The number of hydrogen-bond donors (Lipinski definition) is 2. The van der Waals surface area contributed by atoms with E-state index in [1.165, 1.54) is 10.4 Å². The molecule has 0 spiro atoms. The van der Waals surface area contributed by atoms with Gasteiger partial charge in [-0.1, -0.05) is 6.07 Å². The predicted molar refractivity (Wildman–Crippen MR) is 94.1 cm³/mol. The molecule has 0 radical (unpaired) electrons. The van der Waals surface area contributed by atoms with E-state index < -0.39 is 10.0 Å². The normalized spacial score (nSPS) is 22.5. The van der Waals surface area contributed by atoms with Crippen molar-refractivity contribution in [1.82, 2.24) is 14.9 Å². The van der Waals surface area contributed by atoms with E-state index in [1.807, 2.05) is 6.92 Å². The van der Waals surface area contributed by atoms with Crippen LogP contribution in [-0.2, 0) is 14.8 Å². The monoisotopic (exact) mass is 367 g/mol. The minimum absolute atomic E-state index is 0.0835. The van der Waals surface area contributed by atoms with Crippen molar-refractivity contribution in [2.24, 2.45) is 0 Å². The predicted octanol–water partition coefficient (Wildman–Crippen LogP) is 0.498. The van der Waals surface area contributed by atoms with Gasteiger partial charge in [-0.2, -0.15) is 4.31 Å². The fourth-order valence-electron chi connectivity index (χ4n) is 3.18. The average Bonchev–Trinajstić information content (AvgIpc) is 2.63. The third-order valence-electron chi connectivity index (χ3n) is 4.69. The summed E-state index contributed by atoms with van der Waals surface area (Å²) in [6.45, 7) is 5.01. The number of aryl methyl sites for hydroxylation is 1. The summed E-state index contributed by atoms with van der Waals surface area (Å²) in [6.07, 6.45) is 1.96. The lowest BCUT2D eigenvalue weighted by Crippen LogP contribution is -2.45. The Morgan fingerprint density at radius 1 is 1.32 bits per heavy atom. The Hall–Kier alpha value is -1.48. The van der Waals surface area contributed by atoms with Crippen LogP contribution in [0.25, 0.3) is 0 Å². The SMILES string of the molecule is Cc1ccc(S(=O)(=O)N2CCOCC2)cc1C(=O)N[C@H]1CCCNC1. The number of ether oxygens (including phenoxy) is 1. The molecule has 1 atom stereocenters. The van der Waals surface area contributed by atoms with Crippen LogP contribution in [0.1, 0.15) is 28.8 Å². The number of rotatable bonds is 4. The molecular formula is C17H25N3O4S. The minimum atomic E-state index is -3.61. The zero-order valence-electron chi connectivity index (χ0n) is 14.5. The highest BCUT2D eigenvalue weighted by molar-refractivity contribution is 7.89. The van der Waals surface area contributed by atoms with Gasteiger partial charge in [0.15, 0.2) is 0 Å². The molecule has 2 N–H and O–H groups in total. The lowest BCUT2D eigenvalue weighted by molar-refractivity contribution is 0.0730. The number of carbonyl (C=O) groups excluding carboxylic acids is 1. The van der Waals surface area contributed by atoms with E-state index in [0.29, 0.717) is 31.9 Å². The molecule has 1 aromatic carbocycles. The summed E-state index contributed by atoms with van der Waals surface area (Å²) < 4.78 is 32.2. The lowest BCUT2D eigenvalue weighted by atomic mass is 10.1. The van der Waals surface area contributed by atoms with Crippen LogP contribution in [0.2, 0.25) is 0 Å². The van der Waals surface area contributed by atoms with E-state index >= 15 is 0 Å². The van der Waals surface area contributed by atoms with E-state index in [-0.39, 0.29) is 16.8 Å². The topological polar surface area (TPSA) is 87.7 Å². The molecule has 0 saturated carbocycles. The van der Waals surface area contributed by atoms with Crippen LogP contribution < -0.4 is 10.6 Å². The summed E-state index contributed by atoms with van der Waals surface area (Å²) in [6, 6.07) is 4.84.